The van der Waals surface area contributed by atoms with Crippen molar-refractivity contribution in [3.63, 3.8) is 0 Å². The minimum Gasteiger partial charge on any atom is -0.575 e. The van der Waals surface area contributed by atoms with Crippen molar-refractivity contribution < 1.29 is 37.9 Å². The molecule has 1 unspecified atom stereocenters. The van der Waals surface area contributed by atoms with Crippen molar-refractivity contribution in [1.29, 1.82) is 0 Å². The number of aromatic amines is 1. The van der Waals surface area contributed by atoms with E-state index in [0.717, 1.165) is 30.2 Å². The number of esters is 1. The quantitative estimate of drug-likeness (QED) is 0.244. The zero-order valence-electron chi connectivity index (χ0n) is 20.5. The number of nitrogens with zero attached hydrogens (tertiary/aromatic N) is 2. The molecule has 202 valence electrons. The Labute approximate surface area is 212 Å². The van der Waals surface area contributed by atoms with E-state index < -0.39 is 55.5 Å². The third-order valence-corrected chi connectivity index (χ3v) is 6.49. The Hall–Kier alpha value is -3.12. The molecule has 0 spiro atoms. The minimum atomic E-state index is -2.67. The lowest BCUT2D eigenvalue weighted by atomic mass is 9.98. The van der Waals surface area contributed by atoms with Gasteiger partial charge in [-0.25, -0.2) is 14.0 Å². The molecule has 12 nitrogen and oxygen atoms in total. The molecule has 1 saturated heterocycles. The molecule has 0 bridgehead atoms. The number of nitrogens with one attached hydrogen (secondary N) is 1. The smallest absolute Gasteiger partial charge is 0.395 e. The number of hydrogen-bond donors (Lipinski definition) is 2. The van der Waals surface area contributed by atoms with Crippen molar-refractivity contribution in [2.24, 2.45) is 4.74 Å². The summed E-state index contributed by atoms with van der Waals surface area (Å²) in [6, 6.07) is 6.16. The van der Waals surface area contributed by atoms with Crippen molar-refractivity contribution in [3.8, 4) is 11.5 Å². The Kier molecular flexibility index (Phi) is 9.55. The second-order valence-corrected chi connectivity index (χ2v) is 9.43. The molecular formula is C23H29FN3O9P. The van der Waals surface area contributed by atoms with Gasteiger partial charge in [0.25, 0.3) is 5.56 Å². The van der Waals surface area contributed by atoms with Gasteiger partial charge in [0, 0.05) is 12.3 Å². The number of rotatable bonds is 11. The van der Waals surface area contributed by atoms with Crippen molar-refractivity contribution in [2.45, 2.75) is 63.8 Å². The molecule has 1 fully saturated rings. The van der Waals surface area contributed by atoms with Gasteiger partial charge >= 0.3 is 19.8 Å². The van der Waals surface area contributed by atoms with E-state index in [1.807, 2.05) is 11.9 Å². The number of carbonyl (C=O) groups excluding carboxylic acids is 1. The molecular weight excluding hydrogens is 512 g/mol. The minimum absolute atomic E-state index is 0.0304. The maximum Gasteiger partial charge on any atom is 0.395 e. The summed E-state index contributed by atoms with van der Waals surface area (Å²) in [4.78, 5) is 49.8. The van der Waals surface area contributed by atoms with Gasteiger partial charge in [-0.05, 0) is 32.4 Å². The molecule has 0 amide bonds. The van der Waals surface area contributed by atoms with Crippen molar-refractivity contribution in [2.75, 3.05) is 13.2 Å². The summed E-state index contributed by atoms with van der Waals surface area (Å²) in [5.41, 5.74) is -3.95. The van der Waals surface area contributed by atoms with E-state index in [-0.39, 0.29) is 24.7 Å². The van der Waals surface area contributed by atoms with E-state index in [1.54, 1.807) is 12.1 Å². The van der Waals surface area contributed by atoms with E-state index in [4.69, 9.17) is 18.7 Å². The topological polar surface area (TPSA) is 164 Å². The highest BCUT2D eigenvalue weighted by Gasteiger charge is 2.55. The SMILES string of the molecule is CCCCOC(=O)[C@H](C)/N=[P+](\[O-])Oc1ccccc1OC[C@H]1O[C@@H](n2ccc(=O)[nH]c2=O)[C@](C)(F)[C@@H]1O. The van der Waals surface area contributed by atoms with Crippen LogP contribution in [0.1, 0.15) is 39.8 Å². The van der Waals surface area contributed by atoms with Gasteiger partial charge in [0.15, 0.2) is 23.7 Å². The highest BCUT2D eigenvalue weighted by molar-refractivity contribution is 7.34. The second-order valence-electron chi connectivity index (χ2n) is 8.54. The Balaban J connectivity index is 1.67. The first-order valence-corrected chi connectivity index (χ1v) is 12.8. The van der Waals surface area contributed by atoms with Crippen molar-refractivity contribution >= 4 is 14.1 Å². The van der Waals surface area contributed by atoms with Crippen LogP contribution in [0.4, 0.5) is 4.39 Å². The first-order valence-electron chi connectivity index (χ1n) is 11.6. The average molecular weight is 541 g/mol. The number of aliphatic hydroxyl groups is 1. The maximum absolute atomic E-state index is 15.4. The van der Waals surface area contributed by atoms with Crippen molar-refractivity contribution in [3.05, 3.63) is 57.4 Å². The molecule has 3 rings (SSSR count). The predicted octanol–water partition coefficient (Wildman–Crippen LogP) is 1.57. The van der Waals surface area contributed by atoms with Gasteiger partial charge < -0.3 is 24.2 Å². The summed E-state index contributed by atoms with van der Waals surface area (Å²) >= 11 is 0. The van der Waals surface area contributed by atoms with Crippen LogP contribution in [-0.4, -0.2) is 57.8 Å². The summed E-state index contributed by atoms with van der Waals surface area (Å²) in [5.74, 6) is -0.495. The average Bonchev–Trinajstić information content (AvgIpc) is 3.07. The van der Waals surface area contributed by atoms with Crippen molar-refractivity contribution in [1.82, 2.24) is 9.55 Å². The number of benzene rings is 1. The Morgan fingerprint density at radius 2 is 2.05 bits per heavy atom. The molecule has 0 aliphatic carbocycles. The molecule has 14 heteroatoms. The van der Waals surface area contributed by atoms with Crippen LogP contribution in [-0.2, 0) is 14.3 Å². The van der Waals surface area contributed by atoms with Gasteiger partial charge in [-0.1, -0.05) is 30.2 Å². The van der Waals surface area contributed by atoms with Crippen LogP contribution in [0.3, 0.4) is 0 Å². The third kappa shape index (κ3) is 7.01. The fourth-order valence-corrected chi connectivity index (χ4v) is 4.26. The molecule has 1 aliphatic heterocycles. The van der Waals surface area contributed by atoms with E-state index in [2.05, 4.69) is 4.74 Å². The van der Waals surface area contributed by atoms with E-state index in [0.29, 0.717) is 6.42 Å². The second kappa shape index (κ2) is 12.4. The molecule has 2 heterocycles. The number of aromatic nitrogens is 2. The molecule has 1 aromatic carbocycles. The third-order valence-electron chi connectivity index (χ3n) is 5.60. The molecule has 2 N–H and O–H groups in total. The van der Waals surface area contributed by atoms with Gasteiger partial charge in [0.2, 0.25) is 5.75 Å². The lowest BCUT2D eigenvalue weighted by Gasteiger charge is -2.24. The van der Waals surface area contributed by atoms with Crippen LogP contribution < -0.4 is 25.4 Å². The number of aliphatic hydroxyl groups excluding tert-OH is 1. The molecule has 2 aromatic rings. The highest BCUT2D eigenvalue weighted by atomic mass is 31.1. The Morgan fingerprint density at radius 1 is 1.35 bits per heavy atom. The first kappa shape index (κ1) is 28.5. The fraction of sp³-hybridized carbons (Fsp3) is 0.522. The lowest BCUT2D eigenvalue weighted by Crippen LogP contribution is -2.43. The van der Waals surface area contributed by atoms with Crippen LogP contribution in [0.5, 0.6) is 11.5 Å². The monoisotopic (exact) mass is 541 g/mol. The number of carbonyl (C=O) groups is 1. The van der Waals surface area contributed by atoms with Crippen LogP contribution in [0.25, 0.3) is 0 Å². The van der Waals surface area contributed by atoms with E-state index >= 15 is 4.39 Å². The number of hydrogen-bond acceptors (Lipinski definition) is 10. The molecule has 1 aromatic heterocycles. The predicted molar refractivity (Wildman–Crippen MR) is 128 cm³/mol. The van der Waals surface area contributed by atoms with Gasteiger partial charge in [0.05, 0.1) is 6.61 Å². The summed E-state index contributed by atoms with van der Waals surface area (Å²) in [6.07, 6.45) is -1.79. The molecule has 6 atom stereocenters. The fourth-order valence-electron chi connectivity index (χ4n) is 3.51. The molecule has 37 heavy (non-hydrogen) atoms. The largest absolute Gasteiger partial charge is 0.575 e. The van der Waals surface area contributed by atoms with Crippen LogP contribution in [0.2, 0.25) is 0 Å². The zero-order chi connectivity index (χ0) is 27.2. The lowest BCUT2D eigenvalue weighted by molar-refractivity contribution is -0.169. The summed E-state index contributed by atoms with van der Waals surface area (Å²) in [6.45, 7) is 4.34. The molecule has 0 radical (unpaired) electrons. The van der Waals surface area contributed by atoms with Gasteiger partial charge in [-0.2, -0.15) is 0 Å². The summed E-state index contributed by atoms with van der Waals surface area (Å²) in [7, 11) is -2.67. The van der Waals surface area contributed by atoms with E-state index in [1.165, 1.54) is 19.1 Å². The number of unbranched alkanes of at least 4 members (excludes halogenated alkanes) is 1. The zero-order valence-corrected chi connectivity index (χ0v) is 21.4. The van der Waals surface area contributed by atoms with Gasteiger partial charge in [0.1, 0.15) is 18.8 Å². The normalized spacial score (nSPS) is 24.5. The van der Waals surface area contributed by atoms with Gasteiger partial charge in [-0.15, -0.1) is 0 Å². The highest BCUT2D eigenvalue weighted by Crippen LogP contribution is 2.41. The molecule has 1 aliphatic rings. The first-order chi connectivity index (χ1) is 17.5. The van der Waals surface area contributed by atoms with Gasteiger partial charge in [-0.3, -0.25) is 18.9 Å². The number of halogens is 1. The van der Waals surface area contributed by atoms with E-state index in [9.17, 15) is 24.4 Å². The summed E-state index contributed by atoms with van der Waals surface area (Å²) in [5, 5.41) is 10.5. The Bertz CT molecular complexity index is 1230. The van der Waals surface area contributed by atoms with Crippen LogP contribution in [0.15, 0.2) is 50.9 Å². The standard InChI is InChI=1S/C23H29FN3O9P/c1-4-5-12-33-20(30)14(2)26-37(32)36-16-9-7-6-8-15(16)34-13-17-19(29)23(3,24)21(35-17)27-11-10-18(28)25-22(27)31/h6-11,14,17,19,21,29H,4-5,12-13H2,1-3H3,(H,25,28,31)/t14-,17+,19+,21+,23+/m0/s1. The Morgan fingerprint density at radius 3 is 2.73 bits per heavy atom. The number of para-hydroxylation sites is 2. The van der Waals surface area contributed by atoms with Crippen LogP contribution in [0, 0.1) is 0 Å². The summed E-state index contributed by atoms with van der Waals surface area (Å²) < 4.78 is 41.6. The maximum atomic E-state index is 15.4. The van der Waals surface area contributed by atoms with Crippen LogP contribution >= 0.6 is 8.17 Å². The number of alkyl halides is 1. The molecule has 0 saturated carbocycles. The number of ether oxygens (including phenoxy) is 3. The number of H-pyrrole nitrogens is 1.